The highest BCUT2D eigenvalue weighted by atomic mass is 16.2. The predicted octanol–water partition coefficient (Wildman–Crippen LogP) is 1.38. The minimum absolute atomic E-state index is 0.133. The Morgan fingerprint density at radius 1 is 1.27 bits per heavy atom. The molecule has 15 heavy (non-hydrogen) atoms. The number of amides is 1. The van der Waals surface area contributed by atoms with Crippen LogP contribution in [0.3, 0.4) is 0 Å². The van der Waals surface area contributed by atoms with E-state index in [9.17, 15) is 4.79 Å². The van der Waals surface area contributed by atoms with Crippen LogP contribution in [0, 0.1) is 0 Å². The highest BCUT2D eigenvalue weighted by Gasteiger charge is 2.20. The molecule has 1 aliphatic heterocycles. The van der Waals surface area contributed by atoms with Crippen LogP contribution in [0.15, 0.2) is 24.3 Å². The summed E-state index contributed by atoms with van der Waals surface area (Å²) in [6, 6.07) is 7.59. The topological polar surface area (TPSA) is 46.3 Å². The van der Waals surface area contributed by atoms with Crippen molar-refractivity contribution >= 4 is 5.91 Å². The van der Waals surface area contributed by atoms with E-state index in [1.807, 2.05) is 29.2 Å². The van der Waals surface area contributed by atoms with E-state index in [1.165, 1.54) is 0 Å². The van der Waals surface area contributed by atoms with Gasteiger partial charge in [-0.1, -0.05) is 18.2 Å². The van der Waals surface area contributed by atoms with Gasteiger partial charge in [0, 0.05) is 25.2 Å². The third-order valence-corrected chi connectivity index (χ3v) is 2.86. The minimum atomic E-state index is 0.133. The summed E-state index contributed by atoms with van der Waals surface area (Å²) < 4.78 is 0. The van der Waals surface area contributed by atoms with Gasteiger partial charge >= 0.3 is 0 Å². The molecule has 1 heterocycles. The lowest BCUT2D eigenvalue weighted by Crippen LogP contribution is -2.28. The summed E-state index contributed by atoms with van der Waals surface area (Å²) in [5.41, 5.74) is 7.32. The maximum Gasteiger partial charge on any atom is 0.254 e. The first kappa shape index (κ1) is 10.2. The second-order valence-corrected chi connectivity index (χ2v) is 3.86. The number of likely N-dealkylation sites (tertiary alicyclic amines) is 1. The van der Waals surface area contributed by atoms with Gasteiger partial charge in [-0.05, 0) is 24.5 Å². The Balaban J connectivity index is 2.24. The van der Waals surface area contributed by atoms with Crippen molar-refractivity contribution in [2.45, 2.75) is 19.4 Å². The van der Waals surface area contributed by atoms with Crippen LogP contribution in [-0.4, -0.2) is 23.9 Å². The third-order valence-electron chi connectivity index (χ3n) is 2.86. The number of hydrogen-bond acceptors (Lipinski definition) is 2. The highest BCUT2D eigenvalue weighted by molar-refractivity contribution is 5.95. The molecule has 0 unspecified atom stereocenters. The molecule has 80 valence electrons. The van der Waals surface area contributed by atoms with Crippen LogP contribution >= 0.6 is 0 Å². The van der Waals surface area contributed by atoms with Gasteiger partial charge in [0.15, 0.2) is 0 Å². The van der Waals surface area contributed by atoms with Crippen LogP contribution in [0.2, 0.25) is 0 Å². The van der Waals surface area contributed by atoms with Gasteiger partial charge in [-0.15, -0.1) is 0 Å². The normalized spacial score (nSPS) is 15.7. The molecule has 1 amide bonds. The minimum Gasteiger partial charge on any atom is -0.339 e. The molecule has 2 N–H and O–H groups in total. The Hall–Kier alpha value is -1.35. The fourth-order valence-electron chi connectivity index (χ4n) is 2.00. The van der Waals surface area contributed by atoms with Crippen molar-refractivity contribution in [2.75, 3.05) is 13.1 Å². The SMILES string of the molecule is NCc1ccccc1C(=O)N1CCCC1. The highest BCUT2D eigenvalue weighted by Crippen LogP contribution is 2.15. The first-order chi connectivity index (χ1) is 7.33. The van der Waals surface area contributed by atoms with Crippen molar-refractivity contribution in [1.82, 2.24) is 4.90 Å². The van der Waals surface area contributed by atoms with Crippen LogP contribution in [0.25, 0.3) is 0 Å². The third kappa shape index (κ3) is 2.02. The predicted molar refractivity (Wildman–Crippen MR) is 59.5 cm³/mol. The van der Waals surface area contributed by atoms with Crippen molar-refractivity contribution in [3.8, 4) is 0 Å². The van der Waals surface area contributed by atoms with Gasteiger partial charge in [-0.25, -0.2) is 0 Å². The molecular weight excluding hydrogens is 188 g/mol. The van der Waals surface area contributed by atoms with Crippen molar-refractivity contribution in [3.63, 3.8) is 0 Å². The molecule has 0 aliphatic carbocycles. The first-order valence-corrected chi connectivity index (χ1v) is 5.40. The lowest BCUT2D eigenvalue weighted by molar-refractivity contribution is 0.0791. The maximum atomic E-state index is 12.1. The van der Waals surface area contributed by atoms with Crippen LogP contribution in [-0.2, 0) is 6.54 Å². The van der Waals surface area contributed by atoms with E-state index in [0.717, 1.165) is 37.1 Å². The fraction of sp³-hybridized carbons (Fsp3) is 0.417. The van der Waals surface area contributed by atoms with Gasteiger partial charge in [-0.2, -0.15) is 0 Å². The molecule has 0 aromatic heterocycles. The standard InChI is InChI=1S/C12H16N2O/c13-9-10-5-1-2-6-11(10)12(15)14-7-3-4-8-14/h1-2,5-6H,3-4,7-9,13H2. The van der Waals surface area contributed by atoms with Gasteiger partial charge in [0.1, 0.15) is 0 Å². The van der Waals surface area contributed by atoms with E-state index in [-0.39, 0.29) is 5.91 Å². The summed E-state index contributed by atoms with van der Waals surface area (Å²) in [6.45, 7) is 2.20. The Bertz CT molecular complexity index is 356. The zero-order chi connectivity index (χ0) is 10.7. The molecule has 1 fully saturated rings. The van der Waals surface area contributed by atoms with Gasteiger partial charge in [0.05, 0.1) is 0 Å². The number of nitrogens with zero attached hydrogens (tertiary/aromatic N) is 1. The molecule has 1 saturated heterocycles. The van der Waals surface area contributed by atoms with Gasteiger partial charge in [0.25, 0.3) is 5.91 Å². The van der Waals surface area contributed by atoms with Crippen LogP contribution in [0.1, 0.15) is 28.8 Å². The number of hydrogen-bond donors (Lipinski definition) is 1. The molecule has 1 aromatic rings. The Morgan fingerprint density at radius 2 is 1.93 bits per heavy atom. The maximum absolute atomic E-state index is 12.1. The molecular formula is C12H16N2O. The average molecular weight is 204 g/mol. The molecule has 2 rings (SSSR count). The Kier molecular flexibility index (Phi) is 3.02. The lowest BCUT2D eigenvalue weighted by Gasteiger charge is -2.16. The second kappa shape index (κ2) is 4.45. The summed E-state index contributed by atoms with van der Waals surface area (Å²) in [5, 5.41) is 0. The van der Waals surface area contributed by atoms with Gasteiger partial charge < -0.3 is 10.6 Å². The zero-order valence-corrected chi connectivity index (χ0v) is 8.78. The van der Waals surface area contributed by atoms with Crippen molar-refractivity contribution in [2.24, 2.45) is 5.73 Å². The molecule has 1 aromatic carbocycles. The van der Waals surface area contributed by atoms with Gasteiger partial charge in [0.2, 0.25) is 0 Å². The van der Waals surface area contributed by atoms with E-state index >= 15 is 0 Å². The van der Waals surface area contributed by atoms with Crippen LogP contribution in [0.4, 0.5) is 0 Å². The molecule has 1 aliphatic rings. The van der Waals surface area contributed by atoms with Crippen molar-refractivity contribution in [1.29, 1.82) is 0 Å². The fourth-order valence-corrected chi connectivity index (χ4v) is 2.00. The Morgan fingerprint density at radius 3 is 2.60 bits per heavy atom. The average Bonchev–Trinajstić information content (AvgIpc) is 2.81. The summed E-state index contributed by atoms with van der Waals surface area (Å²) in [7, 11) is 0. The number of carbonyl (C=O) groups is 1. The molecule has 0 atom stereocenters. The molecule has 0 radical (unpaired) electrons. The molecule has 3 nitrogen and oxygen atoms in total. The van der Waals surface area contributed by atoms with E-state index in [0.29, 0.717) is 6.54 Å². The quantitative estimate of drug-likeness (QED) is 0.791. The van der Waals surface area contributed by atoms with Crippen LogP contribution < -0.4 is 5.73 Å². The molecule has 3 heteroatoms. The molecule has 0 saturated carbocycles. The zero-order valence-electron chi connectivity index (χ0n) is 8.78. The number of nitrogens with two attached hydrogens (primary N) is 1. The second-order valence-electron chi connectivity index (χ2n) is 3.86. The van der Waals surface area contributed by atoms with Crippen LogP contribution in [0.5, 0.6) is 0 Å². The van der Waals surface area contributed by atoms with Crippen molar-refractivity contribution < 1.29 is 4.79 Å². The lowest BCUT2D eigenvalue weighted by atomic mass is 10.1. The Labute approximate surface area is 89.9 Å². The molecule has 0 spiro atoms. The largest absolute Gasteiger partial charge is 0.339 e. The summed E-state index contributed by atoms with van der Waals surface area (Å²) in [6.07, 6.45) is 2.24. The van der Waals surface area contributed by atoms with Crippen molar-refractivity contribution in [3.05, 3.63) is 35.4 Å². The summed E-state index contributed by atoms with van der Waals surface area (Å²) in [5.74, 6) is 0.133. The number of carbonyl (C=O) groups excluding carboxylic acids is 1. The number of rotatable bonds is 2. The van der Waals surface area contributed by atoms with E-state index in [1.54, 1.807) is 0 Å². The smallest absolute Gasteiger partial charge is 0.254 e. The van der Waals surface area contributed by atoms with E-state index in [4.69, 9.17) is 5.73 Å². The number of benzene rings is 1. The molecule has 0 bridgehead atoms. The van der Waals surface area contributed by atoms with E-state index in [2.05, 4.69) is 0 Å². The monoisotopic (exact) mass is 204 g/mol. The van der Waals surface area contributed by atoms with E-state index < -0.39 is 0 Å². The summed E-state index contributed by atoms with van der Waals surface area (Å²) >= 11 is 0. The first-order valence-electron chi connectivity index (χ1n) is 5.40. The van der Waals surface area contributed by atoms with Gasteiger partial charge in [-0.3, -0.25) is 4.79 Å². The summed E-state index contributed by atoms with van der Waals surface area (Å²) in [4.78, 5) is 14.0.